The van der Waals surface area contributed by atoms with Gasteiger partial charge in [0, 0.05) is 137 Å². The van der Waals surface area contributed by atoms with E-state index >= 15 is 0 Å². The SMILES string of the molecule is Cn1cc(NC(=O)c2cc(NC(=O)c3nc(NC(=O)c4cc(NC(=O)[C@H](N)CCNC(=O)c5nc(NC(=O)c6cc(NC(=O)c7cc(NC(=O)c8nccn8C)cn7C)cn6C)cn5C)cn4C)cn3C)cn2C)cc1C(=O)NCCCNC(=O)c1cccc(C(=O)O)c1. The Labute approximate surface area is 533 Å². The van der Waals surface area contributed by atoms with Crippen LogP contribution in [0.4, 0.5) is 40.1 Å². The van der Waals surface area contributed by atoms with Crippen LogP contribution in [0.25, 0.3) is 0 Å². The van der Waals surface area contributed by atoms with Gasteiger partial charge >= 0.3 is 5.97 Å². The second-order valence-electron chi connectivity index (χ2n) is 21.7. The molecule has 34 heteroatoms. The fraction of sp³-hybridized carbons (Fsp3) is 0.233. The van der Waals surface area contributed by atoms with Crippen LogP contribution < -0.4 is 58.9 Å². The maximum atomic E-state index is 13.5. The van der Waals surface area contributed by atoms with E-state index in [0.717, 1.165) is 0 Å². The molecule has 0 aliphatic carbocycles. The van der Waals surface area contributed by atoms with Crippen LogP contribution in [0.2, 0.25) is 0 Å². The molecule has 1 atom stereocenters. The fourth-order valence-electron chi connectivity index (χ4n) is 9.74. The maximum Gasteiger partial charge on any atom is 0.335 e. The zero-order valence-electron chi connectivity index (χ0n) is 51.9. The van der Waals surface area contributed by atoms with Crippen molar-refractivity contribution in [1.29, 1.82) is 0 Å². The molecule has 0 aliphatic rings. The molecular weight excluding hydrogens is 1220 g/mol. The largest absolute Gasteiger partial charge is 0.478 e. The Hall–Kier alpha value is -12.6. The topological polar surface area (TPSA) is 432 Å². The zero-order valence-corrected chi connectivity index (χ0v) is 51.9. The van der Waals surface area contributed by atoms with Crippen LogP contribution in [0.3, 0.4) is 0 Å². The molecule has 0 bridgehead atoms. The van der Waals surface area contributed by atoms with Gasteiger partial charge < -0.3 is 101 Å². The Kier molecular flexibility index (Phi) is 19.6. The van der Waals surface area contributed by atoms with Crippen LogP contribution >= 0.6 is 0 Å². The molecule has 8 aromatic heterocycles. The molecule has 0 unspecified atom stereocenters. The van der Waals surface area contributed by atoms with Crippen molar-refractivity contribution in [2.75, 3.05) is 56.9 Å². The molecule has 0 aliphatic heterocycles. The summed E-state index contributed by atoms with van der Waals surface area (Å²) in [7, 11) is 12.8. The number of anilines is 7. The highest BCUT2D eigenvalue weighted by molar-refractivity contribution is 6.10. The summed E-state index contributed by atoms with van der Waals surface area (Å²) in [4.78, 5) is 155. The molecule has 9 aromatic rings. The monoisotopic (exact) mass is 1290 g/mol. The van der Waals surface area contributed by atoms with Crippen LogP contribution in [-0.2, 0) is 61.2 Å². The zero-order chi connectivity index (χ0) is 67.8. The second kappa shape index (κ2) is 28.0. The average molecular weight is 1290 g/mol. The van der Waals surface area contributed by atoms with Gasteiger partial charge in [-0.15, -0.1) is 0 Å². The molecule has 10 amide bonds. The Morgan fingerprint density at radius 2 is 0.798 bits per heavy atom. The normalized spacial score (nSPS) is 11.3. The van der Waals surface area contributed by atoms with E-state index in [4.69, 9.17) is 5.73 Å². The molecule has 488 valence electrons. The third-order valence-electron chi connectivity index (χ3n) is 14.5. The van der Waals surface area contributed by atoms with Crippen molar-refractivity contribution in [2.24, 2.45) is 62.1 Å². The van der Waals surface area contributed by atoms with Gasteiger partial charge in [-0.1, -0.05) is 6.07 Å². The Morgan fingerprint density at radius 3 is 1.24 bits per heavy atom. The number of nitrogens with zero attached hydrogens (tertiary/aromatic N) is 11. The number of aromatic carboxylic acids is 1. The summed E-state index contributed by atoms with van der Waals surface area (Å²) in [5, 5.41) is 36.2. The number of nitrogens with two attached hydrogens (primary N) is 1. The van der Waals surface area contributed by atoms with Gasteiger partial charge in [0.1, 0.15) is 28.5 Å². The Morgan fingerprint density at radius 1 is 0.415 bits per heavy atom. The predicted molar refractivity (Wildman–Crippen MR) is 341 cm³/mol. The molecular formula is C60H66N22O12. The quantitative estimate of drug-likeness (QED) is 0.0366. The lowest BCUT2D eigenvalue weighted by Crippen LogP contribution is -2.39. The summed E-state index contributed by atoms with van der Waals surface area (Å²) in [6.07, 6.45) is 14.0. The number of carboxylic acid groups (broad SMARTS) is 1. The number of carboxylic acids is 1. The summed E-state index contributed by atoms with van der Waals surface area (Å²) >= 11 is 0. The maximum absolute atomic E-state index is 13.5. The van der Waals surface area contributed by atoms with Crippen molar-refractivity contribution >= 4 is 105 Å². The molecule has 34 nitrogen and oxygen atoms in total. The highest BCUT2D eigenvalue weighted by atomic mass is 16.4. The predicted octanol–water partition coefficient (Wildman–Crippen LogP) is 2.43. The molecule has 1 aromatic carbocycles. The van der Waals surface area contributed by atoms with Gasteiger partial charge in [-0.3, -0.25) is 47.9 Å². The second-order valence-corrected chi connectivity index (χ2v) is 21.7. The molecule has 0 spiro atoms. The van der Waals surface area contributed by atoms with Gasteiger partial charge in [0.25, 0.3) is 53.2 Å². The van der Waals surface area contributed by atoms with E-state index in [-0.39, 0.29) is 106 Å². The average Bonchev–Trinajstić information content (AvgIpc) is 1.72. The molecule has 0 radical (unpaired) electrons. The number of carbonyl (C=O) groups excluding carboxylic acids is 10. The summed E-state index contributed by atoms with van der Waals surface area (Å²) in [6.45, 7) is 0.368. The minimum Gasteiger partial charge on any atom is -0.478 e. The summed E-state index contributed by atoms with van der Waals surface area (Å²) in [5.74, 6) is -6.58. The highest BCUT2D eigenvalue weighted by Gasteiger charge is 2.25. The van der Waals surface area contributed by atoms with Crippen LogP contribution in [0.15, 0.2) is 110 Å². The first-order chi connectivity index (χ1) is 44.7. The van der Waals surface area contributed by atoms with Gasteiger partial charge in [-0.25, -0.2) is 19.7 Å². The lowest BCUT2D eigenvalue weighted by molar-refractivity contribution is -0.117. The number of carbonyl (C=O) groups is 11. The third-order valence-corrected chi connectivity index (χ3v) is 14.5. The third kappa shape index (κ3) is 15.5. The molecule has 8 heterocycles. The van der Waals surface area contributed by atoms with Gasteiger partial charge in [0.2, 0.25) is 17.6 Å². The van der Waals surface area contributed by atoms with Crippen LogP contribution in [-0.4, -0.2) is 147 Å². The number of aryl methyl sites for hydroxylation is 8. The lowest BCUT2D eigenvalue weighted by Gasteiger charge is -2.12. The van der Waals surface area contributed by atoms with Crippen molar-refractivity contribution in [3.8, 4) is 0 Å². The summed E-state index contributed by atoms with van der Waals surface area (Å²) < 4.78 is 11.8. The molecule has 9 rings (SSSR count). The lowest BCUT2D eigenvalue weighted by atomic mass is 10.1. The number of aromatic nitrogens is 11. The van der Waals surface area contributed by atoms with E-state index in [9.17, 15) is 57.8 Å². The fourth-order valence-corrected chi connectivity index (χ4v) is 9.74. The van der Waals surface area contributed by atoms with Crippen molar-refractivity contribution in [3.05, 3.63) is 167 Å². The van der Waals surface area contributed by atoms with Crippen molar-refractivity contribution in [2.45, 2.75) is 18.9 Å². The standard InChI is InChI=1S/C60H66N22O12/c1-75-18-17-62-47(75)58(91)69-37-23-41(77(3)28-37)54(87)68-36-22-44(80(6)27-36)56(89)73-45-30-81(7)48(71-45)57(90)65-16-13-39(61)51(84)66-34-21-43(79(5)25-34)55(88)74-46-31-82(8)49(72-46)59(92)70-38-24-42(78(4)29-38)53(86)67-35-20-40(76(2)26-35)52(85)64-15-10-14-63-50(83)32-11-9-12-33(19-32)60(93)94/h9,11-12,17-31,39H,10,13-16,61H2,1-8H3,(H,63,83)(H,64,85)(H,65,90)(H,66,84)(H,67,86)(H,68,87)(H,69,91)(H,70,92)(H,73,89)(H,74,88)(H,93,94)/t39-/m1/s1. The first kappa shape index (κ1) is 65.8. The van der Waals surface area contributed by atoms with Gasteiger partial charge in [0.05, 0.1) is 40.0 Å². The number of amides is 10. The highest BCUT2D eigenvalue weighted by Crippen LogP contribution is 2.23. The van der Waals surface area contributed by atoms with Crippen LogP contribution in [0.1, 0.15) is 118 Å². The van der Waals surface area contributed by atoms with Crippen molar-refractivity contribution in [1.82, 2.24) is 67.4 Å². The van der Waals surface area contributed by atoms with Crippen molar-refractivity contribution < 1.29 is 57.8 Å². The summed E-state index contributed by atoms with van der Waals surface area (Å²) in [6, 6.07) is 11.8. The number of imidazole rings is 3. The first-order valence-corrected chi connectivity index (χ1v) is 28.7. The number of hydrogen-bond donors (Lipinski definition) is 12. The van der Waals surface area contributed by atoms with E-state index in [1.807, 2.05) is 0 Å². The van der Waals surface area contributed by atoms with E-state index in [1.54, 1.807) is 79.5 Å². The van der Waals surface area contributed by atoms with Gasteiger partial charge in [0.15, 0.2) is 17.5 Å². The molecule has 0 saturated carbocycles. The van der Waals surface area contributed by atoms with Crippen LogP contribution in [0.5, 0.6) is 0 Å². The first-order valence-electron chi connectivity index (χ1n) is 28.7. The molecule has 0 saturated heterocycles. The Balaban J connectivity index is 0.691. The molecule has 0 fully saturated rings. The molecule has 94 heavy (non-hydrogen) atoms. The minimum absolute atomic E-state index is 0.00539. The summed E-state index contributed by atoms with van der Waals surface area (Å²) in [5.41, 5.74) is 8.71. The molecule has 13 N–H and O–H groups in total. The number of benzene rings is 1. The van der Waals surface area contributed by atoms with Crippen LogP contribution in [0, 0.1) is 0 Å². The minimum atomic E-state index is -1.15. The van der Waals surface area contributed by atoms with Crippen molar-refractivity contribution in [3.63, 3.8) is 0 Å². The number of rotatable bonds is 25. The number of hydrogen-bond acceptors (Lipinski definition) is 15. The van der Waals surface area contributed by atoms with E-state index < -0.39 is 71.1 Å². The number of nitrogens with one attached hydrogen (secondary N) is 10. The Bertz CT molecular complexity index is 4480. The van der Waals surface area contributed by atoms with Gasteiger partial charge in [-0.05, 0) is 61.4 Å². The van der Waals surface area contributed by atoms with Gasteiger partial charge in [-0.2, -0.15) is 0 Å². The smallest absolute Gasteiger partial charge is 0.335 e. The van der Waals surface area contributed by atoms with E-state index in [2.05, 4.69) is 68.1 Å². The van der Waals surface area contributed by atoms with E-state index in [1.165, 1.54) is 124 Å². The van der Waals surface area contributed by atoms with E-state index in [0.29, 0.717) is 23.5 Å².